The van der Waals surface area contributed by atoms with Gasteiger partial charge in [0.2, 0.25) is 10.0 Å². The molecule has 7 nitrogen and oxygen atoms in total. The largest absolute Gasteiger partial charge is 0.481 e. The fraction of sp³-hybridized carbons (Fsp3) is 0.562. The first kappa shape index (κ1) is 18.7. The second-order valence-corrected chi connectivity index (χ2v) is 7.85. The molecule has 0 bridgehead atoms. The molecule has 134 valence electrons. The number of carbonyl (C=O) groups is 1. The molecule has 0 radical (unpaired) electrons. The highest BCUT2D eigenvalue weighted by Crippen LogP contribution is 2.21. The average Bonchev–Trinajstić information content (AvgIpc) is 2.55. The molecule has 1 atom stereocenters. The average molecular weight is 356 g/mol. The lowest BCUT2D eigenvalue weighted by Crippen LogP contribution is -2.40. The molecule has 1 saturated heterocycles. The van der Waals surface area contributed by atoms with Crippen LogP contribution in [-0.2, 0) is 19.6 Å². The Morgan fingerprint density at radius 1 is 1.17 bits per heavy atom. The second-order valence-electron chi connectivity index (χ2n) is 5.91. The first-order valence-corrected chi connectivity index (χ1v) is 9.39. The summed E-state index contributed by atoms with van der Waals surface area (Å²) in [4.78, 5) is 12.0. The molecular formula is C16H24N2O5S. The van der Waals surface area contributed by atoms with Crippen molar-refractivity contribution in [2.24, 2.45) is 0 Å². The third-order valence-electron chi connectivity index (χ3n) is 3.54. The minimum atomic E-state index is -3.52. The lowest BCUT2D eigenvalue weighted by atomic mass is 10.3. The van der Waals surface area contributed by atoms with Crippen molar-refractivity contribution in [2.45, 2.75) is 37.8 Å². The molecule has 24 heavy (non-hydrogen) atoms. The van der Waals surface area contributed by atoms with E-state index < -0.39 is 16.1 Å². The minimum absolute atomic E-state index is 0.0320. The molecule has 1 heterocycles. The molecule has 1 aliphatic heterocycles. The smallest absolute Gasteiger partial charge is 0.260 e. The van der Waals surface area contributed by atoms with Gasteiger partial charge >= 0.3 is 0 Å². The Labute approximate surface area is 143 Å². The van der Waals surface area contributed by atoms with E-state index in [2.05, 4.69) is 5.32 Å². The van der Waals surface area contributed by atoms with E-state index >= 15 is 0 Å². The SMILES string of the molecule is CC(C)NC(=O)[C@H](C)Oc1ccc(S(=O)(=O)N2CCOCC2)cc1. The fourth-order valence-corrected chi connectivity index (χ4v) is 3.69. The summed E-state index contributed by atoms with van der Waals surface area (Å²) in [5.74, 6) is 0.234. The van der Waals surface area contributed by atoms with Gasteiger partial charge in [-0.2, -0.15) is 4.31 Å². The number of nitrogens with one attached hydrogen (secondary N) is 1. The van der Waals surface area contributed by atoms with Crippen LogP contribution in [0, 0.1) is 0 Å². The van der Waals surface area contributed by atoms with E-state index in [1.807, 2.05) is 13.8 Å². The Morgan fingerprint density at radius 3 is 2.29 bits per heavy atom. The number of ether oxygens (including phenoxy) is 2. The molecule has 0 aliphatic carbocycles. The molecule has 1 aromatic rings. The van der Waals surface area contributed by atoms with Crippen molar-refractivity contribution in [1.82, 2.24) is 9.62 Å². The van der Waals surface area contributed by atoms with Crippen LogP contribution in [0.4, 0.5) is 0 Å². The van der Waals surface area contributed by atoms with Crippen LogP contribution in [-0.4, -0.2) is 57.1 Å². The lowest BCUT2D eigenvalue weighted by Gasteiger charge is -2.26. The first-order valence-electron chi connectivity index (χ1n) is 7.95. The number of benzene rings is 1. The molecule has 1 aliphatic rings. The van der Waals surface area contributed by atoms with Gasteiger partial charge in [-0.15, -0.1) is 0 Å². The molecule has 0 aromatic heterocycles. The maximum Gasteiger partial charge on any atom is 0.260 e. The van der Waals surface area contributed by atoms with E-state index in [0.717, 1.165) is 0 Å². The highest BCUT2D eigenvalue weighted by Gasteiger charge is 2.26. The molecule has 0 spiro atoms. The number of hydrogen-bond acceptors (Lipinski definition) is 5. The second kappa shape index (κ2) is 7.96. The van der Waals surface area contributed by atoms with Gasteiger partial charge in [-0.05, 0) is 45.0 Å². The summed E-state index contributed by atoms with van der Waals surface area (Å²) >= 11 is 0. The number of sulfonamides is 1. The summed E-state index contributed by atoms with van der Waals surface area (Å²) in [7, 11) is -3.52. The maximum atomic E-state index is 12.5. The van der Waals surface area contributed by atoms with Crippen LogP contribution < -0.4 is 10.1 Å². The fourth-order valence-electron chi connectivity index (χ4n) is 2.29. The lowest BCUT2D eigenvalue weighted by molar-refractivity contribution is -0.127. The molecule has 1 fully saturated rings. The van der Waals surface area contributed by atoms with Crippen molar-refractivity contribution in [2.75, 3.05) is 26.3 Å². The number of amides is 1. The third kappa shape index (κ3) is 4.68. The van der Waals surface area contributed by atoms with Crippen molar-refractivity contribution in [3.8, 4) is 5.75 Å². The van der Waals surface area contributed by atoms with Gasteiger partial charge in [-0.1, -0.05) is 0 Å². The van der Waals surface area contributed by atoms with Gasteiger partial charge < -0.3 is 14.8 Å². The van der Waals surface area contributed by atoms with Crippen LogP contribution in [0.5, 0.6) is 5.75 Å². The van der Waals surface area contributed by atoms with Crippen LogP contribution in [0.1, 0.15) is 20.8 Å². The summed E-state index contributed by atoms with van der Waals surface area (Å²) in [6.45, 7) is 6.91. The molecule has 1 aromatic carbocycles. The van der Waals surface area contributed by atoms with Crippen LogP contribution in [0.15, 0.2) is 29.2 Å². The highest BCUT2D eigenvalue weighted by atomic mass is 32.2. The Bertz CT molecular complexity index is 652. The number of hydrogen-bond donors (Lipinski definition) is 1. The van der Waals surface area contributed by atoms with Crippen LogP contribution in [0.25, 0.3) is 0 Å². The van der Waals surface area contributed by atoms with Crippen LogP contribution in [0.2, 0.25) is 0 Å². The molecule has 8 heteroatoms. The monoisotopic (exact) mass is 356 g/mol. The van der Waals surface area contributed by atoms with Crippen molar-refractivity contribution < 1.29 is 22.7 Å². The number of nitrogens with zero attached hydrogens (tertiary/aromatic N) is 1. The summed E-state index contributed by atoms with van der Waals surface area (Å²) < 4.78 is 37.2. The normalized spacial score (nSPS) is 17.5. The van der Waals surface area contributed by atoms with Gasteiger partial charge in [0.25, 0.3) is 5.91 Å². The molecule has 1 amide bonds. The Morgan fingerprint density at radius 2 is 1.75 bits per heavy atom. The van der Waals surface area contributed by atoms with Crippen LogP contribution in [0.3, 0.4) is 0 Å². The number of rotatable bonds is 6. The van der Waals surface area contributed by atoms with E-state index in [-0.39, 0.29) is 16.8 Å². The van der Waals surface area contributed by atoms with Gasteiger partial charge in [0, 0.05) is 19.1 Å². The van der Waals surface area contributed by atoms with Gasteiger partial charge in [0.15, 0.2) is 6.10 Å². The predicted molar refractivity (Wildman–Crippen MR) is 89.4 cm³/mol. The zero-order valence-electron chi connectivity index (χ0n) is 14.2. The molecule has 2 rings (SSSR count). The third-order valence-corrected chi connectivity index (χ3v) is 5.46. The number of morpholine rings is 1. The molecule has 0 unspecified atom stereocenters. The van der Waals surface area contributed by atoms with Crippen molar-refractivity contribution >= 4 is 15.9 Å². The van der Waals surface area contributed by atoms with Gasteiger partial charge in [-0.3, -0.25) is 4.79 Å². The van der Waals surface area contributed by atoms with E-state index in [1.165, 1.54) is 16.4 Å². The predicted octanol–water partition coefficient (Wildman–Crippen LogP) is 0.999. The standard InChI is InChI=1S/C16H24N2O5S/c1-12(2)17-16(19)13(3)23-14-4-6-15(7-5-14)24(20,21)18-8-10-22-11-9-18/h4-7,12-13H,8-11H2,1-3H3,(H,17,19)/t13-/m0/s1. The maximum absolute atomic E-state index is 12.5. The summed E-state index contributed by atoms with van der Waals surface area (Å²) in [6, 6.07) is 6.14. The zero-order valence-corrected chi connectivity index (χ0v) is 15.0. The first-order chi connectivity index (χ1) is 11.3. The molecule has 0 saturated carbocycles. The van der Waals surface area contributed by atoms with Crippen molar-refractivity contribution in [3.05, 3.63) is 24.3 Å². The van der Waals surface area contributed by atoms with Crippen LogP contribution >= 0.6 is 0 Å². The van der Waals surface area contributed by atoms with Crippen molar-refractivity contribution in [1.29, 1.82) is 0 Å². The summed E-state index contributed by atoms with van der Waals surface area (Å²) in [6.07, 6.45) is -0.658. The molecule has 1 N–H and O–H groups in total. The summed E-state index contributed by atoms with van der Waals surface area (Å²) in [5, 5.41) is 2.76. The minimum Gasteiger partial charge on any atom is -0.481 e. The highest BCUT2D eigenvalue weighted by molar-refractivity contribution is 7.89. The Kier molecular flexibility index (Phi) is 6.20. The Hall–Kier alpha value is -1.64. The van der Waals surface area contributed by atoms with E-state index in [9.17, 15) is 13.2 Å². The summed E-state index contributed by atoms with van der Waals surface area (Å²) in [5.41, 5.74) is 0. The Balaban J connectivity index is 2.03. The van der Waals surface area contributed by atoms with Gasteiger partial charge in [-0.25, -0.2) is 8.42 Å². The van der Waals surface area contributed by atoms with E-state index in [1.54, 1.807) is 19.1 Å². The van der Waals surface area contributed by atoms with E-state index in [0.29, 0.717) is 32.1 Å². The molecular weight excluding hydrogens is 332 g/mol. The van der Waals surface area contributed by atoms with Gasteiger partial charge in [0.05, 0.1) is 18.1 Å². The van der Waals surface area contributed by atoms with E-state index in [4.69, 9.17) is 9.47 Å². The quantitative estimate of drug-likeness (QED) is 0.822. The zero-order chi connectivity index (χ0) is 17.7. The number of carbonyl (C=O) groups excluding carboxylic acids is 1. The van der Waals surface area contributed by atoms with Gasteiger partial charge in [0.1, 0.15) is 5.75 Å². The topological polar surface area (TPSA) is 84.9 Å². The van der Waals surface area contributed by atoms with Crippen molar-refractivity contribution in [3.63, 3.8) is 0 Å².